The molecule has 0 unspecified atom stereocenters. The second kappa shape index (κ2) is 6.58. The molecule has 6 nitrogen and oxygen atoms in total. The summed E-state index contributed by atoms with van der Waals surface area (Å²) in [7, 11) is 0. The van der Waals surface area contributed by atoms with Gasteiger partial charge >= 0.3 is 5.97 Å². The molecule has 0 radical (unpaired) electrons. The van der Waals surface area contributed by atoms with Crippen LogP contribution in [0.2, 0.25) is 0 Å². The van der Waals surface area contributed by atoms with Gasteiger partial charge in [0.25, 0.3) is 0 Å². The summed E-state index contributed by atoms with van der Waals surface area (Å²) in [5, 5.41) is 21.0. The Kier molecular flexibility index (Phi) is 4.80. The minimum Gasteiger partial charge on any atom is -0.507 e. The number of benzene rings is 1. The lowest BCUT2D eigenvalue weighted by atomic mass is 9.80. The van der Waals surface area contributed by atoms with Gasteiger partial charge in [-0.3, -0.25) is 4.79 Å². The first-order valence-electron chi connectivity index (χ1n) is 6.97. The van der Waals surface area contributed by atoms with Crippen molar-refractivity contribution in [3.05, 3.63) is 23.8 Å². The molecule has 0 spiro atoms. The lowest BCUT2D eigenvalue weighted by molar-refractivity contribution is -0.119. The van der Waals surface area contributed by atoms with E-state index in [2.05, 4.69) is 5.32 Å². The SMILES string of the molecule is CCOC1CC(CC(=O)Nc2ccc(C(=O)O)c(O)c2)C1. The monoisotopic (exact) mass is 293 g/mol. The second-order valence-corrected chi connectivity index (χ2v) is 5.20. The molecule has 6 heteroatoms. The first kappa shape index (κ1) is 15.3. The quantitative estimate of drug-likeness (QED) is 0.747. The number of rotatable bonds is 6. The number of carboxylic acids is 1. The van der Waals surface area contributed by atoms with E-state index in [4.69, 9.17) is 9.84 Å². The number of anilines is 1. The molecule has 1 aliphatic rings. The average Bonchev–Trinajstić information content (AvgIpc) is 2.35. The molecule has 21 heavy (non-hydrogen) atoms. The third-order valence-corrected chi connectivity index (χ3v) is 3.58. The highest BCUT2D eigenvalue weighted by molar-refractivity contribution is 5.94. The molecule has 0 aliphatic heterocycles. The summed E-state index contributed by atoms with van der Waals surface area (Å²) in [6, 6.07) is 3.97. The van der Waals surface area contributed by atoms with Gasteiger partial charge in [-0.25, -0.2) is 4.79 Å². The fourth-order valence-electron chi connectivity index (χ4n) is 2.48. The molecule has 1 fully saturated rings. The predicted octanol–water partition coefficient (Wildman–Crippen LogP) is 2.23. The maximum atomic E-state index is 11.9. The van der Waals surface area contributed by atoms with Crippen molar-refractivity contribution in [2.24, 2.45) is 5.92 Å². The van der Waals surface area contributed by atoms with Gasteiger partial charge in [-0.1, -0.05) is 0 Å². The van der Waals surface area contributed by atoms with Crippen molar-refractivity contribution in [3.8, 4) is 5.75 Å². The van der Waals surface area contributed by atoms with E-state index < -0.39 is 5.97 Å². The molecule has 1 saturated carbocycles. The third kappa shape index (κ3) is 3.95. The van der Waals surface area contributed by atoms with Crippen molar-refractivity contribution in [3.63, 3.8) is 0 Å². The molecular formula is C15H19NO5. The van der Waals surface area contributed by atoms with Crippen molar-refractivity contribution >= 4 is 17.6 Å². The van der Waals surface area contributed by atoms with Gasteiger partial charge in [-0.2, -0.15) is 0 Å². The van der Waals surface area contributed by atoms with Crippen LogP contribution in [0.5, 0.6) is 5.75 Å². The summed E-state index contributed by atoms with van der Waals surface area (Å²) in [4.78, 5) is 22.6. The van der Waals surface area contributed by atoms with Crippen LogP contribution in [0.3, 0.4) is 0 Å². The standard InChI is InChI=1S/C15H19NO5/c1-2-21-11-5-9(6-11)7-14(18)16-10-3-4-12(15(19)20)13(17)8-10/h3-4,8-9,11,17H,2,5-7H2,1H3,(H,16,18)(H,19,20). The van der Waals surface area contributed by atoms with E-state index in [1.807, 2.05) is 6.92 Å². The molecule has 1 aromatic rings. The number of carbonyl (C=O) groups excluding carboxylic acids is 1. The zero-order chi connectivity index (χ0) is 15.4. The van der Waals surface area contributed by atoms with Gasteiger partial charge in [0.05, 0.1) is 6.10 Å². The zero-order valence-corrected chi connectivity index (χ0v) is 11.8. The van der Waals surface area contributed by atoms with Gasteiger partial charge in [0, 0.05) is 24.8 Å². The molecule has 114 valence electrons. The van der Waals surface area contributed by atoms with Crippen LogP contribution in [-0.4, -0.2) is 34.8 Å². The second-order valence-electron chi connectivity index (χ2n) is 5.20. The first-order valence-corrected chi connectivity index (χ1v) is 6.97. The van der Waals surface area contributed by atoms with Gasteiger partial charge < -0.3 is 20.3 Å². The lowest BCUT2D eigenvalue weighted by Gasteiger charge is -2.34. The normalized spacial score (nSPS) is 20.6. The molecule has 0 heterocycles. The zero-order valence-electron chi connectivity index (χ0n) is 11.8. The van der Waals surface area contributed by atoms with Crippen molar-refractivity contribution in [2.75, 3.05) is 11.9 Å². The molecular weight excluding hydrogens is 274 g/mol. The predicted molar refractivity (Wildman–Crippen MR) is 76.5 cm³/mol. The Morgan fingerprint density at radius 2 is 2.10 bits per heavy atom. The number of ether oxygens (including phenoxy) is 1. The summed E-state index contributed by atoms with van der Waals surface area (Å²) < 4.78 is 5.44. The Labute approximate surface area is 122 Å². The maximum Gasteiger partial charge on any atom is 0.339 e. The minimum atomic E-state index is -1.21. The molecule has 1 amide bonds. The highest BCUT2D eigenvalue weighted by Gasteiger charge is 2.31. The Hall–Kier alpha value is -2.08. The smallest absolute Gasteiger partial charge is 0.339 e. The fourth-order valence-corrected chi connectivity index (χ4v) is 2.48. The van der Waals surface area contributed by atoms with Crippen LogP contribution in [0.1, 0.15) is 36.5 Å². The van der Waals surface area contributed by atoms with Crippen LogP contribution in [0.25, 0.3) is 0 Å². The van der Waals surface area contributed by atoms with E-state index >= 15 is 0 Å². The minimum absolute atomic E-state index is 0.141. The third-order valence-electron chi connectivity index (χ3n) is 3.58. The Balaban J connectivity index is 1.83. The van der Waals surface area contributed by atoms with E-state index in [9.17, 15) is 14.7 Å². The molecule has 0 bridgehead atoms. The fraction of sp³-hybridized carbons (Fsp3) is 0.467. The van der Waals surface area contributed by atoms with Crippen LogP contribution >= 0.6 is 0 Å². The number of aromatic hydroxyl groups is 1. The van der Waals surface area contributed by atoms with Crippen molar-refractivity contribution in [2.45, 2.75) is 32.3 Å². The molecule has 0 saturated heterocycles. The summed E-state index contributed by atoms with van der Waals surface area (Å²) in [5.74, 6) is -1.38. The maximum absolute atomic E-state index is 11.9. The van der Waals surface area contributed by atoms with E-state index in [1.54, 1.807) is 0 Å². The van der Waals surface area contributed by atoms with Crippen LogP contribution in [-0.2, 0) is 9.53 Å². The van der Waals surface area contributed by atoms with E-state index in [-0.39, 0.29) is 23.3 Å². The number of carboxylic acid groups (broad SMARTS) is 1. The number of amides is 1. The lowest BCUT2D eigenvalue weighted by Crippen LogP contribution is -2.33. The molecule has 1 aliphatic carbocycles. The Morgan fingerprint density at radius 1 is 1.38 bits per heavy atom. The van der Waals surface area contributed by atoms with Crippen LogP contribution in [0.4, 0.5) is 5.69 Å². The van der Waals surface area contributed by atoms with Gasteiger partial charge in [0.2, 0.25) is 5.91 Å². The number of aromatic carboxylic acids is 1. The number of carbonyl (C=O) groups is 2. The van der Waals surface area contributed by atoms with Gasteiger partial charge in [-0.15, -0.1) is 0 Å². The van der Waals surface area contributed by atoms with E-state index in [0.717, 1.165) is 12.8 Å². The number of phenols is 1. The summed E-state index contributed by atoms with van der Waals surface area (Å²) in [6.45, 7) is 2.64. The van der Waals surface area contributed by atoms with Crippen LogP contribution in [0, 0.1) is 5.92 Å². The largest absolute Gasteiger partial charge is 0.507 e. The topological polar surface area (TPSA) is 95.9 Å². The summed E-state index contributed by atoms with van der Waals surface area (Å²) in [6.07, 6.45) is 2.46. The highest BCUT2D eigenvalue weighted by atomic mass is 16.5. The van der Waals surface area contributed by atoms with Crippen molar-refractivity contribution < 1.29 is 24.5 Å². The molecule has 3 N–H and O–H groups in total. The van der Waals surface area contributed by atoms with Crippen molar-refractivity contribution in [1.29, 1.82) is 0 Å². The van der Waals surface area contributed by atoms with Crippen LogP contribution < -0.4 is 5.32 Å². The number of nitrogens with one attached hydrogen (secondary N) is 1. The molecule has 1 aromatic carbocycles. The van der Waals surface area contributed by atoms with Crippen LogP contribution in [0.15, 0.2) is 18.2 Å². The molecule has 2 rings (SSSR count). The van der Waals surface area contributed by atoms with Crippen molar-refractivity contribution in [1.82, 2.24) is 0 Å². The van der Waals surface area contributed by atoms with E-state index in [1.165, 1.54) is 18.2 Å². The van der Waals surface area contributed by atoms with Gasteiger partial charge in [-0.05, 0) is 37.8 Å². The molecule has 0 aromatic heterocycles. The Morgan fingerprint density at radius 3 is 2.67 bits per heavy atom. The number of hydrogen-bond donors (Lipinski definition) is 3. The molecule has 0 atom stereocenters. The summed E-state index contributed by atoms with van der Waals surface area (Å²) in [5.41, 5.74) is 0.203. The van der Waals surface area contributed by atoms with Gasteiger partial charge in [0.1, 0.15) is 11.3 Å². The Bertz CT molecular complexity index is 537. The summed E-state index contributed by atoms with van der Waals surface area (Å²) >= 11 is 0. The van der Waals surface area contributed by atoms with Gasteiger partial charge in [0.15, 0.2) is 0 Å². The van der Waals surface area contributed by atoms with E-state index in [0.29, 0.717) is 24.6 Å². The average molecular weight is 293 g/mol. The number of hydrogen-bond acceptors (Lipinski definition) is 4. The highest BCUT2D eigenvalue weighted by Crippen LogP contribution is 2.33. The first-order chi connectivity index (χ1) is 9.99.